The van der Waals surface area contributed by atoms with Gasteiger partial charge in [-0.25, -0.2) is 9.97 Å². The van der Waals surface area contributed by atoms with E-state index in [1.807, 2.05) is 31.3 Å². The minimum absolute atomic E-state index is 0.155. The summed E-state index contributed by atoms with van der Waals surface area (Å²) in [6.45, 7) is 1.09. The van der Waals surface area contributed by atoms with Crippen molar-refractivity contribution in [1.29, 1.82) is 0 Å². The van der Waals surface area contributed by atoms with Gasteiger partial charge >= 0.3 is 0 Å². The zero-order valence-electron chi connectivity index (χ0n) is 11.0. The lowest BCUT2D eigenvalue weighted by Gasteiger charge is -2.25. The second-order valence-electron chi connectivity index (χ2n) is 4.81. The first-order valence-electron chi connectivity index (χ1n) is 6.65. The van der Waals surface area contributed by atoms with Crippen LogP contribution in [-0.4, -0.2) is 41.3 Å². The molecule has 3 rings (SSSR count). The van der Waals surface area contributed by atoms with Crippen LogP contribution in [0.1, 0.15) is 12.8 Å². The minimum atomic E-state index is 0.155. The van der Waals surface area contributed by atoms with Gasteiger partial charge in [0.1, 0.15) is 0 Å². The zero-order chi connectivity index (χ0) is 13.2. The standard InChI is InChI=1S/C14H18N4O/c1-15-13-14(18-8-4-5-10(18)9-19)17-12-7-3-2-6-11(12)16-13/h2-3,6-7,10,19H,4-5,8-9H2,1H3,(H,15,16). The van der Waals surface area contributed by atoms with Gasteiger partial charge in [0, 0.05) is 13.6 Å². The van der Waals surface area contributed by atoms with E-state index in [9.17, 15) is 5.11 Å². The van der Waals surface area contributed by atoms with E-state index in [1.54, 1.807) is 0 Å². The van der Waals surface area contributed by atoms with Crippen molar-refractivity contribution in [3.05, 3.63) is 24.3 Å². The van der Waals surface area contributed by atoms with Gasteiger partial charge in [-0.15, -0.1) is 0 Å². The summed E-state index contributed by atoms with van der Waals surface area (Å²) in [5, 5.41) is 12.6. The van der Waals surface area contributed by atoms with Crippen LogP contribution in [0.2, 0.25) is 0 Å². The molecule has 0 bridgehead atoms. The summed E-state index contributed by atoms with van der Waals surface area (Å²) < 4.78 is 0. The van der Waals surface area contributed by atoms with Gasteiger partial charge in [-0.2, -0.15) is 0 Å². The molecule has 1 saturated heterocycles. The lowest BCUT2D eigenvalue weighted by molar-refractivity contribution is 0.266. The van der Waals surface area contributed by atoms with E-state index in [0.29, 0.717) is 0 Å². The molecular formula is C14H18N4O. The van der Waals surface area contributed by atoms with Crippen LogP contribution in [-0.2, 0) is 0 Å². The summed E-state index contributed by atoms with van der Waals surface area (Å²) >= 11 is 0. The van der Waals surface area contributed by atoms with E-state index in [2.05, 4.69) is 15.2 Å². The topological polar surface area (TPSA) is 61.3 Å². The molecule has 1 aromatic carbocycles. The van der Waals surface area contributed by atoms with Gasteiger partial charge in [0.05, 0.1) is 23.7 Å². The van der Waals surface area contributed by atoms with Crippen LogP contribution in [0.4, 0.5) is 11.6 Å². The maximum absolute atomic E-state index is 9.46. The molecular weight excluding hydrogens is 240 g/mol. The van der Waals surface area contributed by atoms with Crippen LogP contribution in [0.5, 0.6) is 0 Å². The Morgan fingerprint density at radius 2 is 2.05 bits per heavy atom. The van der Waals surface area contributed by atoms with Crippen molar-refractivity contribution < 1.29 is 5.11 Å². The molecule has 1 fully saturated rings. The molecule has 1 aliphatic heterocycles. The number of aliphatic hydroxyl groups is 1. The first-order valence-corrected chi connectivity index (χ1v) is 6.65. The molecule has 100 valence electrons. The molecule has 5 heteroatoms. The zero-order valence-corrected chi connectivity index (χ0v) is 11.0. The summed E-state index contributed by atoms with van der Waals surface area (Å²) in [6.07, 6.45) is 2.09. The van der Waals surface area contributed by atoms with E-state index in [1.165, 1.54) is 0 Å². The molecule has 2 aromatic rings. The average Bonchev–Trinajstić information content (AvgIpc) is 2.94. The number of hydrogen-bond donors (Lipinski definition) is 2. The van der Waals surface area contributed by atoms with Crippen molar-refractivity contribution in [3.63, 3.8) is 0 Å². The second kappa shape index (κ2) is 5.01. The molecule has 0 spiro atoms. The first kappa shape index (κ1) is 12.2. The van der Waals surface area contributed by atoms with E-state index in [-0.39, 0.29) is 12.6 Å². The molecule has 19 heavy (non-hydrogen) atoms. The number of aromatic nitrogens is 2. The smallest absolute Gasteiger partial charge is 0.172 e. The molecule has 1 unspecified atom stereocenters. The van der Waals surface area contributed by atoms with Crippen LogP contribution < -0.4 is 10.2 Å². The molecule has 0 aliphatic carbocycles. The van der Waals surface area contributed by atoms with Crippen LogP contribution in [0, 0.1) is 0 Å². The van der Waals surface area contributed by atoms with E-state index in [4.69, 9.17) is 4.98 Å². The predicted octanol–water partition coefficient (Wildman–Crippen LogP) is 1.63. The SMILES string of the molecule is CNc1nc2ccccc2nc1N1CCCC1CO. The number of nitrogens with one attached hydrogen (secondary N) is 1. The lowest BCUT2D eigenvalue weighted by Crippen LogP contribution is -2.33. The Balaban J connectivity index is 2.10. The van der Waals surface area contributed by atoms with Crippen LogP contribution in [0.25, 0.3) is 11.0 Å². The van der Waals surface area contributed by atoms with Crippen molar-refractivity contribution in [2.75, 3.05) is 30.4 Å². The lowest BCUT2D eigenvalue weighted by atomic mass is 10.2. The van der Waals surface area contributed by atoms with Crippen molar-refractivity contribution in [2.24, 2.45) is 0 Å². The first-order chi connectivity index (χ1) is 9.33. The highest BCUT2D eigenvalue weighted by Crippen LogP contribution is 2.30. The van der Waals surface area contributed by atoms with Gasteiger partial charge in [0.15, 0.2) is 11.6 Å². The Kier molecular flexibility index (Phi) is 3.21. The summed E-state index contributed by atoms with van der Waals surface area (Å²) in [5.74, 6) is 1.62. The predicted molar refractivity (Wildman–Crippen MR) is 76.5 cm³/mol. The molecule has 2 heterocycles. The second-order valence-corrected chi connectivity index (χ2v) is 4.81. The highest BCUT2D eigenvalue weighted by molar-refractivity contribution is 5.80. The van der Waals surface area contributed by atoms with Gasteiger partial charge < -0.3 is 15.3 Å². The average molecular weight is 258 g/mol. The number of rotatable bonds is 3. The maximum Gasteiger partial charge on any atom is 0.172 e. The third kappa shape index (κ3) is 2.10. The minimum Gasteiger partial charge on any atom is -0.394 e. The summed E-state index contributed by atoms with van der Waals surface area (Å²) in [7, 11) is 1.85. The van der Waals surface area contributed by atoms with Crippen LogP contribution >= 0.6 is 0 Å². The fourth-order valence-electron chi connectivity index (χ4n) is 2.66. The monoisotopic (exact) mass is 258 g/mol. The number of para-hydroxylation sites is 2. The third-order valence-corrected chi connectivity index (χ3v) is 3.65. The molecule has 1 aromatic heterocycles. The summed E-state index contributed by atoms with van der Waals surface area (Å²) in [5.41, 5.74) is 1.77. The number of aliphatic hydroxyl groups excluding tert-OH is 1. The number of hydrogen-bond acceptors (Lipinski definition) is 5. The van der Waals surface area contributed by atoms with Gasteiger partial charge in [-0.3, -0.25) is 0 Å². The van der Waals surface area contributed by atoms with Crippen molar-refractivity contribution in [1.82, 2.24) is 9.97 Å². The number of nitrogens with zero attached hydrogens (tertiary/aromatic N) is 3. The Morgan fingerprint density at radius 1 is 1.32 bits per heavy atom. The Hall–Kier alpha value is -1.88. The maximum atomic E-state index is 9.46. The molecule has 0 amide bonds. The van der Waals surface area contributed by atoms with Gasteiger partial charge in [0.25, 0.3) is 0 Å². The Bertz CT molecular complexity index is 587. The molecule has 0 saturated carbocycles. The largest absolute Gasteiger partial charge is 0.394 e. The quantitative estimate of drug-likeness (QED) is 0.876. The van der Waals surface area contributed by atoms with Crippen LogP contribution in [0.15, 0.2) is 24.3 Å². The van der Waals surface area contributed by atoms with E-state index < -0.39 is 0 Å². The fourth-order valence-corrected chi connectivity index (χ4v) is 2.66. The Labute approximate surface area is 112 Å². The molecule has 5 nitrogen and oxygen atoms in total. The number of benzene rings is 1. The van der Waals surface area contributed by atoms with Gasteiger partial charge in [-0.1, -0.05) is 12.1 Å². The normalized spacial score (nSPS) is 19.1. The van der Waals surface area contributed by atoms with E-state index in [0.717, 1.165) is 42.1 Å². The number of fused-ring (bicyclic) bond motifs is 1. The molecule has 2 N–H and O–H groups in total. The highest BCUT2D eigenvalue weighted by Gasteiger charge is 2.27. The van der Waals surface area contributed by atoms with Gasteiger partial charge in [-0.05, 0) is 25.0 Å². The van der Waals surface area contributed by atoms with Crippen molar-refractivity contribution in [3.8, 4) is 0 Å². The number of anilines is 2. The van der Waals surface area contributed by atoms with Gasteiger partial charge in [0.2, 0.25) is 0 Å². The third-order valence-electron chi connectivity index (χ3n) is 3.65. The van der Waals surface area contributed by atoms with Crippen molar-refractivity contribution in [2.45, 2.75) is 18.9 Å². The summed E-state index contributed by atoms with van der Waals surface area (Å²) in [4.78, 5) is 11.5. The summed E-state index contributed by atoms with van der Waals surface area (Å²) in [6, 6.07) is 8.01. The Morgan fingerprint density at radius 3 is 2.74 bits per heavy atom. The molecule has 1 atom stereocenters. The highest BCUT2D eigenvalue weighted by atomic mass is 16.3. The molecule has 0 radical (unpaired) electrons. The molecule has 1 aliphatic rings. The fraction of sp³-hybridized carbons (Fsp3) is 0.429. The van der Waals surface area contributed by atoms with E-state index >= 15 is 0 Å². The van der Waals surface area contributed by atoms with Crippen LogP contribution in [0.3, 0.4) is 0 Å². The van der Waals surface area contributed by atoms with Crippen molar-refractivity contribution >= 4 is 22.7 Å².